The van der Waals surface area contributed by atoms with Gasteiger partial charge in [-0.2, -0.15) is 5.10 Å². The van der Waals surface area contributed by atoms with Crippen molar-refractivity contribution in [3.63, 3.8) is 0 Å². The first-order chi connectivity index (χ1) is 12.3. The van der Waals surface area contributed by atoms with Crippen LogP contribution in [0.15, 0.2) is 54.7 Å². The van der Waals surface area contributed by atoms with Crippen molar-refractivity contribution in [2.24, 2.45) is 0 Å². The van der Waals surface area contributed by atoms with Crippen molar-refractivity contribution in [2.45, 2.75) is 12.8 Å². The Morgan fingerprint density at radius 1 is 1.04 bits per heavy atom. The molecule has 2 heterocycles. The maximum absolute atomic E-state index is 12.6. The second kappa shape index (κ2) is 5.34. The minimum Gasteiger partial charge on any atom is -0.353 e. The van der Waals surface area contributed by atoms with Crippen LogP contribution in [0, 0.1) is 0 Å². The van der Waals surface area contributed by atoms with Crippen LogP contribution >= 0.6 is 0 Å². The van der Waals surface area contributed by atoms with Crippen LogP contribution in [0.3, 0.4) is 0 Å². The van der Waals surface area contributed by atoms with Crippen LogP contribution in [-0.2, 0) is 12.8 Å². The number of hydrogen-bond acceptors (Lipinski definition) is 2. The molecule has 2 aromatic heterocycles. The molecule has 0 atom stereocenters. The van der Waals surface area contributed by atoms with Crippen LogP contribution < -0.4 is 5.32 Å². The molecule has 4 aromatic rings. The Kier molecular flexibility index (Phi) is 3.00. The average molecular weight is 328 g/mol. The van der Waals surface area contributed by atoms with Crippen LogP contribution in [0.1, 0.15) is 21.5 Å². The monoisotopic (exact) mass is 328 g/mol. The van der Waals surface area contributed by atoms with Gasteiger partial charge in [0, 0.05) is 22.2 Å². The fourth-order valence-corrected chi connectivity index (χ4v) is 3.56. The fourth-order valence-electron chi connectivity index (χ4n) is 3.56. The summed E-state index contributed by atoms with van der Waals surface area (Å²) in [6, 6.07) is 15.3. The molecule has 0 bridgehead atoms. The molecule has 2 aromatic carbocycles. The Morgan fingerprint density at radius 3 is 2.80 bits per heavy atom. The molecule has 0 saturated heterocycles. The maximum Gasteiger partial charge on any atom is 0.255 e. The van der Waals surface area contributed by atoms with Gasteiger partial charge in [0.15, 0.2) is 0 Å². The minimum atomic E-state index is -0.0962. The van der Waals surface area contributed by atoms with Crippen molar-refractivity contribution in [3.8, 4) is 11.4 Å². The number of rotatable bonds is 2. The predicted molar refractivity (Wildman–Crippen MR) is 97.7 cm³/mol. The zero-order valence-electron chi connectivity index (χ0n) is 13.5. The number of nitrogens with one attached hydrogen (secondary N) is 3. The van der Waals surface area contributed by atoms with Crippen molar-refractivity contribution in [3.05, 3.63) is 71.4 Å². The van der Waals surface area contributed by atoms with Crippen LogP contribution in [-0.4, -0.2) is 21.1 Å². The zero-order chi connectivity index (χ0) is 16.8. The lowest BCUT2D eigenvalue weighted by atomic mass is 9.93. The molecule has 0 saturated carbocycles. The highest BCUT2D eigenvalue weighted by Gasteiger charge is 2.22. The number of carbonyl (C=O) groups is 1. The van der Waals surface area contributed by atoms with Gasteiger partial charge >= 0.3 is 0 Å². The number of benzene rings is 2. The summed E-state index contributed by atoms with van der Waals surface area (Å²) in [4.78, 5) is 16.0. The summed E-state index contributed by atoms with van der Waals surface area (Å²) in [5, 5.41) is 11.3. The first-order valence-electron chi connectivity index (χ1n) is 8.33. The molecule has 5 rings (SSSR count). The summed E-state index contributed by atoms with van der Waals surface area (Å²) >= 11 is 0. The van der Waals surface area contributed by atoms with Gasteiger partial charge in [0.05, 0.1) is 17.6 Å². The number of H-pyrrole nitrogens is 2. The van der Waals surface area contributed by atoms with Crippen molar-refractivity contribution in [1.82, 2.24) is 15.2 Å². The van der Waals surface area contributed by atoms with Crippen LogP contribution in [0.25, 0.3) is 22.3 Å². The van der Waals surface area contributed by atoms with Gasteiger partial charge < -0.3 is 10.3 Å². The molecule has 0 radical (unpaired) electrons. The highest BCUT2D eigenvalue weighted by molar-refractivity contribution is 6.07. The van der Waals surface area contributed by atoms with E-state index in [1.54, 1.807) is 0 Å². The lowest BCUT2D eigenvalue weighted by Crippen LogP contribution is -2.11. The molecule has 1 aliphatic carbocycles. The number of anilines is 1. The predicted octanol–water partition coefficient (Wildman–Crippen LogP) is 3.91. The number of aromatic nitrogens is 3. The van der Waals surface area contributed by atoms with E-state index in [2.05, 4.69) is 20.5 Å². The molecule has 0 fully saturated rings. The van der Waals surface area contributed by atoms with Gasteiger partial charge in [0.25, 0.3) is 5.91 Å². The molecule has 0 unspecified atom stereocenters. The van der Waals surface area contributed by atoms with Crippen LogP contribution in [0.5, 0.6) is 0 Å². The van der Waals surface area contributed by atoms with Gasteiger partial charge in [0.2, 0.25) is 0 Å². The molecular formula is C20H16N4O. The molecule has 25 heavy (non-hydrogen) atoms. The van der Waals surface area contributed by atoms with Crippen molar-refractivity contribution < 1.29 is 4.79 Å². The van der Waals surface area contributed by atoms with E-state index >= 15 is 0 Å². The first-order valence-corrected chi connectivity index (χ1v) is 8.33. The van der Waals surface area contributed by atoms with Crippen molar-refractivity contribution in [1.29, 1.82) is 0 Å². The summed E-state index contributed by atoms with van der Waals surface area (Å²) in [5.74, 6) is -0.0962. The maximum atomic E-state index is 12.6. The average Bonchev–Trinajstić information content (AvgIpc) is 3.26. The SMILES string of the molecule is O=C(Nc1ccccc1)c1ccc2[nH]c3c(c2c1)CCc1cn[nH]c1-3. The Balaban J connectivity index is 1.55. The topological polar surface area (TPSA) is 73.6 Å². The minimum absolute atomic E-state index is 0.0962. The van der Waals surface area contributed by atoms with Gasteiger partial charge in [0.1, 0.15) is 0 Å². The largest absolute Gasteiger partial charge is 0.353 e. The molecule has 122 valence electrons. The second-order valence-electron chi connectivity index (χ2n) is 6.33. The van der Waals surface area contributed by atoms with Gasteiger partial charge in [-0.05, 0) is 54.3 Å². The van der Waals surface area contributed by atoms with E-state index in [0.29, 0.717) is 5.56 Å². The zero-order valence-corrected chi connectivity index (χ0v) is 13.5. The Bertz CT molecular complexity index is 1090. The van der Waals surface area contributed by atoms with Gasteiger partial charge in [-0.3, -0.25) is 9.89 Å². The number of hydrogen-bond donors (Lipinski definition) is 3. The van der Waals surface area contributed by atoms with Crippen molar-refractivity contribution in [2.75, 3.05) is 5.32 Å². The summed E-state index contributed by atoms with van der Waals surface area (Å²) in [6.45, 7) is 0. The Labute approximate surface area is 144 Å². The third-order valence-corrected chi connectivity index (χ3v) is 4.81. The highest BCUT2D eigenvalue weighted by atomic mass is 16.1. The van der Waals surface area contributed by atoms with Crippen LogP contribution in [0.4, 0.5) is 5.69 Å². The van der Waals surface area contributed by atoms with Crippen LogP contribution in [0.2, 0.25) is 0 Å². The van der Waals surface area contributed by atoms with Crippen molar-refractivity contribution >= 4 is 22.5 Å². The van der Waals surface area contributed by atoms with E-state index in [-0.39, 0.29) is 5.91 Å². The Hall–Kier alpha value is -3.34. The third-order valence-electron chi connectivity index (χ3n) is 4.81. The fraction of sp³-hybridized carbons (Fsp3) is 0.100. The normalized spacial score (nSPS) is 12.6. The van der Waals surface area contributed by atoms with E-state index in [0.717, 1.165) is 40.8 Å². The summed E-state index contributed by atoms with van der Waals surface area (Å²) in [5.41, 5.74) is 7.15. The Morgan fingerprint density at radius 2 is 1.92 bits per heavy atom. The smallest absolute Gasteiger partial charge is 0.255 e. The molecule has 5 heteroatoms. The number of aryl methyl sites for hydroxylation is 2. The van der Waals surface area contributed by atoms with Gasteiger partial charge in [-0.1, -0.05) is 18.2 Å². The quantitative estimate of drug-likeness (QED) is 0.522. The molecular weight excluding hydrogens is 312 g/mol. The number of nitrogens with zero attached hydrogens (tertiary/aromatic N) is 1. The summed E-state index contributed by atoms with van der Waals surface area (Å²) in [6.07, 6.45) is 3.81. The molecule has 1 amide bonds. The summed E-state index contributed by atoms with van der Waals surface area (Å²) in [7, 11) is 0. The number of amides is 1. The number of fused-ring (bicyclic) bond motifs is 5. The van der Waals surface area contributed by atoms with E-state index in [1.807, 2.05) is 54.7 Å². The van der Waals surface area contributed by atoms with E-state index in [9.17, 15) is 4.79 Å². The summed E-state index contributed by atoms with van der Waals surface area (Å²) < 4.78 is 0. The first kappa shape index (κ1) is 14.0. The molecule has 3 N–H and O–H groups in total. The third kappa shape index (κ3) is 2.24. The highest BCUT2D eigenvalue weighted by Crippen LogP contribution is 2.36. The molecule has 5 nitrogen and oxygen atoms in total. The lowest BCUT2D eigenvalue weighted by molar-refractivity contribution is 0.102. The van der Waals surface area contributed by atoms with E-state index in [1.165, 1.54) is 11.1 Å². The standard InChI is InChI=1S/C20H16N4O/c25-20(22-14-4-2-1-3-5-14)12-7-9-17-16(10-12)15-8-6-13-11-21-24-18(13)19(15)23-17/h1-5,7,9-11,23H,6,8H2,(H,21,24)(H,22,25). The molecule has 1 aliphatic rings. The van der Waals surface area contributed by atoms with Gasteiger partial charge in [-0.15, -0.1) is 0 Å². The second-order valence-corrected chi connectivity index (χ2v) is 6.33. The molecule has 0 aliphatic heterocycles. The van der Waals surface area contributed by atoms with E-state index < -0.39 is 0 Å². The number of aromatic amines is 2. The van der Waals surface area contributed by atoms with Gasteiger partial charge in [-0.25, -0.2) is 0 Å². The molecule has 0 spiro atoms. The van der Waals surface area contributed by atoms with E-state index in [4.69, 9.17) is 0 Å². The lowest BCUT2D eigenvalue weighted by Gasteiger charge is -2.11. The number of carbonyl (C=O) groups excluding carboxylic acids is 1. The number of para-hydroxylation sites is 1.